The predicted octanol–water partition coefficient (Wildman–Crippen LogP) is 0.424. The number of guanidine groups is 1. The number of nitrogens with two attached hydrogens (primary N) is 2. The maximum Gasteiger partial charge on any atom is 0.300 e. The zero-order valence-corrected chi connectivity index (χ0v) is 18.7. The molecule has 0 bridgehead atoms. The molecule has 1 aromatic carbocycles. The second-order valence-corrected chi connectivity index (χ2v) is 9.05. The number of amides is 1. The van der Waals surface area contributed by atoms with Crippen LogP contribution in [0.4, 0.5) is 0 Å². The fraction of sp³-hybridized carbons (Fsp3) is 0.312. The van der Waals surface area contributed by atoms with E-state index in [1.807, 2.05) is 32.0 Å². The molecule has 0 unspecified atom stereocenters. The lowest BCUT2D eigenvalue weighted by Crippen LogP contribution is -2.24. The van der Waals surface area contributed by atoms with Crippen molar-refractivity contribution in [2.24, 2.45) is 16.5 Å². The minimum Gasteiger partial charge on any atom is -0.370 e. The first-order valence-corrected chi connectivity index (χ1v) is 11.7. The molecule has 0 aliphatic heterocycles. The SMILES string of the molecule is CS(=O)(=O)O.CS(=O)(=O)O.Cc1cccc(-c2nc(C(=O)N=C(N)N)c(C)[nH]2)c1C. The third-order valence-corrected chi connectivity index (χ3v) is 3.18. The summed E-state index contributed by atoms with van der Waals surface area (Å²) in [5.41, 5.74) is 14.5. The van der Waals surface area contributed by atoms with Crippen LogP contribution in [0.3, 0.4) is 0 Å². The van der Waals surface area contributed by atoms with E-state index in [9.17, 15) is 21.6 Å². The number of benzene rings is 1. The van der Waals surface area contributed by atoms with Gasteiger partial charge in [0.05, 0.1) is 12.5 Å². The summed E-state index contributed by atoms with van der Waals surface area (Å²) in [5.74, 6) is -0.182. The van der Waals surface area contributed by atoms with Gasteiger partial charge in [0, 0.05) is 11.3 Å². The van der Waals surface area contributed by atoms with Gasteiger partial charge in [0.25, 0.3) is 20.2 Å². The van der Waals surface area contributed by atoms with E-state index in [1.165, 1.54) is 0 Å². The van der Waals surface area contributed by atoms with Gasteiger partial charge in [-0.25, -0.2) is 4.98 Å². The largest absolute Gasteiger partial charge is 0.370 e. The van der Waals surface area contributed by atoms with Crippen LogP contribution in [0.15, 0.2) is 23.2 Å². The van der Waals surface area contributed by atoms with Crippen molar-refractivity contribution in [2.45, 2.75) is 20.8 Å². The molecule has 7 N–H and O–H groups in total. The standard InChI is InChI=1S/C14H17N5O.2CH4O3S/c1-7-5-4-6-10(8(7)2)12-17-9(3)11(18-12)13(20)19-14(15)16;2*1-5(2,3)4/h4-6H,1-3H3,(H,17,18)(H4,15,16,19,20);2*1H3,(H,2,3,4). The van der Waals surface area contributed by atoms with Crippen molar-refractivity contribution in [1.82, 2.24) is 9.97 Å². The summed E-state index contributed by atoms with van der Waals surface area (Å²) in [7, 11) is -7.33. The minimum atomic E-state index is -3.67. The van der Waals surface area contributed by atoms with Gasteiger partial charge in [-0.3, -0.25) is 13.9 Å². The molecule has 0 fully saturated rings. The molecule has 0 aliphatic rings. The number of aryl methyl sites for hydroxylation is 2. The quantitative estimate of drug-likeness (QED) is 0.235. The van der Waals surface area contributed by atoms with Gasteiger partial charge in [0.2, 0.25) is 0 Å². The number of nitrogens with zero attached hydrogens (tertiary/aromatic N) is 2. The Kier molecular flexibility index (Phi) is 9.81. The highest BCUT2D eigenvalue weighted by Gasteiger charge is 2.16. The second-order valence-electron chi connectivity index (χ2n) is 6.11. The fourth-order valence-corrected chi connectivity index (χ4v) is 1.97. The molecule has 0 saturated carbocycles. The zero-order valence-electron chi connectivity index (χ0n) is 17.0. The van der Waals surface area contributed by atoms with E-state index >= 15 is 0 Å². The van der Waals surface area contributed by atoms with E-state index in [1.54, 1.807) is 6.92 Å². The lowest BCUT2D eigenvalue weighted by Gasteiger charge is -2.05. The van der Waals surface area contributed by atoms with Gasteiger partial charge >= 0.3 is 5.91 Å². The molecule has 14 heteroatoms. The number of rotatable bonds is 2. The number of aromatic amines is 1. The average Bonchev–Trinajstić information content (AvgIpc) is 2.88. The van der Waals surface area contributed by atoms with Crippen molar-refractivity contribution in [2.75, 3.05) is 12.5 Å². The molecule has 0 saturated heterocycles. The topological polar surface area (TPSA) is 219 Å². The van der Waals surface area contributed by atoms with Crippen LogP contribution in [-0.2, 0) is 20.2 Å². The lowest BCUT2D eigenvalue weighted by atomic mass is 10.0. The summed E-state index contributed by atoms with van der Waals surface area (Å²) in [4.78, 5) is 22.8. The summed E-state index contributed by atoms with van der Waals surface area (Å²) in [6.45, 7) is 5.80. The molecule has 1 aromatic heterocycles. The molecule has 0 radical (unpaired) electrons. The number of imidazole rings is 1. The number of hydrogen-bond acceptors (Lipinski definition) is 6. The number of aliphatic imine (C=N–C) groups is 1. The smallest absolute Gasteiger partial charge is 0.300 e. The summed E-state index contributed by atoms with van der Waals surface area (Å²) >= 11 is 0. The molecule has 0 spiro atoms. The Morgan fingerprint density at radius 1 is 1.03 bits per heavy atom. The Morgan fingerprint density at radius 3 is 1.93 bits per heavy atom. The highest BCUT2D eigenvalue weighted by atomic mass is 32.2. The number of aromatic nitrogens is 2. The Labute approximate surface area is 174 Å². The molecule has 168 valence electrons. The molecule has 0 atom stereocenters. The van der Waals surface area contributed by atoms with Gasteiger partial charge in [0.15, 0.2) is 11.7 Å². The first kappa shape index (κ1) is 27.2. The van der Waals surface area contributed by atoms with Crippen molar-refractivity contribution < 1.29 is 30.7 Å². The molecule has 1 amide bonds. The predicted molar refractivity (Wildman–Crippen MR) is 113 cm³/mol. The van der Waals surface area contributed by atoms with Gasteiger partial charge < -0.3 is 16.5 Å². The maximum absolute atomic E-state index is 11.8. The van der Waals surface area contributed by atoms with Crippen LogP contribution >= 0.6 is 0 Å². The molecule has 12 nitrogen and oxygen atoms in total. The highest BCUT2D eigenvalue weighted by molar-refractivity contribution is 7.85. The van der Waals surface area contributed by atoms with E-state index in [2.05, 4.69) is 15.0 Å². The monoisotopic (exact) mass is 463 g/mol. The van der Waals surface area contributed by atoms with Gasteiger partial charge in [-0.15, -0.1) is 0 Å². The Bertz CT molecular complexity index is 1090. The van der Waals surface area contributed by atoms with Crippen LogP contribution in [0.25, 0.3) is 11.4 Å². The molecular formula is C16H25N5O7S2. The molecule has 2 aromatic rings. The Balaban J connectivity index is 0.000000702. The third kappa shape index (κ3) is 11.9. The highest BCUT2D eigenvalue weighted by Crippen LogP contribution is 2.24. The van der Waals surface area contributed by atoms with Crippen LogP contribution in [0.5, 0.6) is 0 Å². The molecular weight excluding hydrogens is 438 g/mol. The third-order valence-electron chi connectivity index (χ3n) is 3.18. The lowest BCUT2D eigenvalue weighted by molar-refractivity contribution is 0.0998. The number of H-pyrrole nitrogens is 1. The maximum atomic E-state index is 11.8. The van der Waals surface area contributed by atoms with Crippen molar-refractivity contribution in [3.05, 3.63) is 40.7 Å². The molecule has 2 rings (SSSR count). The van der Waals surface area contributed by atoms with Crippen molar-refractivity contribution in [3.8, 4) is 11.4 Å². The van der Waals surface area contributed by atoms with E-state index < -0.39 is 26.1 Å². The van der Waals surface area contributed by atoms with Crippen LogP contribution in [0.1, 0.15) is 27.3 Å². The van der Waals surface area contributed by atoms with Crippen molar-refractivity contribution in [3.63, 3.8) is 0 Å². The van der Waals surface area contributed by atoms with Gasteiger partial charge in [0.1, 0.15) is 5.82 Å². The van der Waals surface area contributed by atoms with Crippen LogP contribution in [0, 0.1) is 20.8 Å². The van der Waals surface area contributed by atoms with E-state index in [-0.39, 0.29) is 11.7 Å². The van der Waals surface area contributed by atoms with Gasteiger partial charge in [-0.05, 0) is 31.9 Å². The summed E-state index contributed by atoms with van der Waals surface area (Å²) < 4.78 is 51.7. The van der Waals surface area contributed by atoms with Crippen LogP contribution in [0.2, 0.25) is 0 Å². The van der Waals surface area contributed by atoms with E-state index in [0.29, 0.717) is 24.0 Å². The van der Waals surface area contributed by atoms with Gasteiger partial charge in [-0.1, -0.05) is 18.2 Å². The Morgan fingerprint density at radius 2 is 1.50 bits per heavy atom. The average molecular weight is 464 g/mol. The van der Waals surface area contributed by atoms with Crippen molar-refractivity contribution in [1.29, 1.82) is 0 Å². The van der Waals surface area contributed by atoms with Gasteiger partial charge in [-0.2, -0.15) is 21.8 Å². The number of carbonyl (C=O) groups is 1. The minimum absolute atomic E-state index is 0.231. The Hall–Kier alpha value is -2.81. The van der Waals surface area contributed by atoms with Crippen LogP contribution < -0.4 is 11.5 Å². The zero-order chi connectivity index (χ0) is 23.9. The molecule has 30 heavy (non-hydrogen) atoms. The number of carbonyl (C=O) groups excluding carboxylic acids is 1. The van der Waals surface area contributed by atoms with E-state index in [4.69, 9.17) is 20.6 Å². The first-order chi connectivity index (χ1) is 13.4. The first-order valence-electron chi connectivity index (χ1n) is 8.02. The summed E-state index contributed by atoms with van der Waals surface area (Å²) in [5, 5.41) is 0. The second kappa shape index (κ2) is 10.8. The summed E-state index contributed by atoms with van der Waals surface area (Å²) in [6, 6.07) is 5.93. The number of nitrogens with one attached hydrogen (secondary N) is 1. The number of hydrogen-bond donors (Lipinski definition) is 5. The normalized spacial score (nSPS) is 10.8. The molecule has 1 heterocycles. The fourth-order valence-electron chi connectivity index (χ4n) is 1.97. The van der Waals surface area contributed by atoms with Crippen LogP contribution in [-0.4, -0.2) is 60.3 Å². The van der Waals surface area contributed by atoms with E-state index in [0.717, 1.165) is 16.7 Å². The summed E-state index contributed by atoms with van der Waals surface area (Å²) in [6.07, 6.45) is 1.43. The van der Waals surface area contributed by atoms with Crippen molar-refractivity contribution >= 4 is 32.1 Å². The molecule has 0 aliphatic carbocycles.